The van der Waals surface area contributed by atoms with Crippen LogP contribution in [0.3, 0.4) is 0 Å². The normalized spacial score (nSPS) is 16.2. The third-order valence-electron chi connectivity index (χ3n) is 1.69. The molecule has 0 atom stereocenters. The molecule has 0 spiro atoms. The molecule has 0 saturated heterocycles. The van der Waals surface area contributed by atoms with E-state index < -0.39 is 0 Å². The first-order valence-electron chi connectivity index (χ1n) is 3.91. The Labute approximate surface area is 79.3 Å². The van der Waals surface area contributed by atoms with Crippen LogP contribution in [0.4, 0.5) is 0 Å². The SMILES string of the molecule is Cc1nc(OC2CC2)ncc1Br. The maximum absolute atomic E-state index is 5.42. The van der Waals surface area contributed by atoms with Gasteiger partial charge in [0.1, 0.15) is 6.10 Å². The minimum absolute atomic E-state index is 0.366. The van der Waals surface area contributed by atoms with Gasteiger partial charge in [-0.1, -0.05) is 0 Å². The van der Waals surface area contributed by atoms with Crippen molar-refractivity contribution in [3.63, 3.8) is 0 Å². The zero-order chi connectivity index (χ0) is 8.55. The van der Waals surface area contributed by atoms with E-state index in [9.17, 15) is 0 Å². The fraction of sp³-hybridized carbons (Fsp3) is 0.500. The Balaban J connectivity index is 2.15. The molecule has 1 aromatic rings. The molecule has 12 heavy (non-hydrogen) atoms. The zero-order valence-electron chi connectivity index (χ0n) is 6.75. The van der Waals surface area contributed by atoms with Gasteiger partial charge in [0.2, 0.25) is 0 Å². The summed E-state index contributed by atoms with van der Waals surface area (Å²) in [6, 6.07) is 0.498. The molecular weight excluding hydrogens is 220 g/mol. The molecule has 0 radical (unpaired) electrons. The van der Waals surface area contributed by atoms with E-state index in [-0.39, 0.29) is 0 Å². The topological polar surface area (TPSA) is 35.0 Å². The van der Waals surface area contributed by atoms with Gasteiger partial charge in [0.25, 0.3) is 0 Å². The largest absolute Gasteiger partial charge is 0.460 e. The van der Waals surface area contributed by atoms with Gasteiger partial charge < -0.3 is 4.74 Å². The third-order valence-corrected chi connectivity index (χ3v) is 2.47. The first-order valence-corrected chi connectivity index (χ1v) is 4.71. The van der Waals surface area contributed by atoms with Crippen molar-refractivity contribution < 1.29 is 4.74 Å². The molecule has 0 N–H and O–H groups in total. The van der Waals surface area contributed by atoms with Gasteiger partial charge in [0.15, 0.2) is 0 Å². The molecule has 1 aromatic heterocycles. The van der Waals surface area contributed by atoms with Gasteiger partial charge >= 0.3 is 6.01 Å². The molecule has 0 aliphatic heterocycles. The van der Waals surface area contributed by atoms with E-state index >= 15 is 0 Å². The number of aromatic nitrogens is 2. The first-order chi connectivity index (χ1) is 5.75. The van der Waals surface area contributed by atoms with E-state index in [2.05, 4.69) is 25.9 Å². The van der Waals surface area contributed by atoms with Crippen LogP contribution in [0.1, 0.15) is 18.5 Å². The molecule has 4 heteroatoms. The van der Waals surface area contributed by atoms with Crippen LogP contribution >= 0.6 is 15.9 Å². The predicted molar refractivity (Wildman–Crippen MR) is 48.1 cm³/mol. The summed E-state index contributed by atoms with van der Waals surface area (Å²) in [6.45, 7) is 1.92. The summed E-state index contributed by atoms with van der Waals surface area (Å²) in [5, 5.41) is 0. The summed E-state index contributed by atoms with van der Waals surface area (Å²) in [4.78, 5) is 8.21. The minimum atomic E-state index is 0.366. The van der Waals surface area contributed by atoms with Crippen molar-refractivity contribution in [2.45, 2.75) is 25.9 Å². The van der Waals surface area contributed by atoms with Crippen LogP contribution in [0.15, 0.2) is 10.7 Å². The van der Waals surface area contributed by atoms with Crippen molar-refractivity contribution in [1.82, 2.24) is 9.97 Å². The zero-order valence-corrected chi connectivity index (χ0v) is 8.34. The lowest BCUT2D eigenvalue weighted by molar-refractivity contribution is 0.277. The van der Waals surface area contributed by atoms with Crippen molar-refractivity contribution in [2.24, 2.45) is 0 Å². The summed E-state index contributed by atoms with van der Waals surface area (Å²) in [5.74, 6) is 0. The van der Waals surface area contributed by atoms with Crippen LogP contribution in [-0.4, -0.2) is 16.1 Å². The molecule has 1 aliphatic rings. The highest BCUT2D eigenvalue weighted by molar-refractivity contribution is 9.10. The molecule has 0 unspecified atom stereocenters. The third kappa shape index (κ3) is 1.75. The number of nitrogens with zero attached hydrogens (tertiary/aromatic N) is 2. The Morgan fingerprint density at radius 3 is 2.92 bits per heavy atom. The predicted octanol–water partition coefficient (Wildman–Crippen LogP) is 2.09. The molecular formula is C8H9BrN2O. The lowest BCUT2D eigenvalue weighted by Crippen LogP contribution is -2.01. The van der Waals surface area contributed by atoms with Crippen molar-refractivity contribution in [2.75, 3.05) is 0 Å². The second-order valence-corrected chi connectivity index (χ2v) is 3.76. The molecule has 1 saturated carbocycles. The average Bonchev–Trinajstić information content (AvgIpc) is 2.81. The molecule has 1 aliphatic carbocycles. The molecule has 1 heterocycles. The van der Waals surface area contributed by atoms with E-state index in [4.69, 9.17) is 4.74 Å². The van der Waals surface area contributed by atoms with Gasteiger partial charge in [-0.25, -0.2) is 4.98 Å². The quantitative estimate of drug-likeness (QED) is 0.778. The molecule has 0 aromatic carbocycles. The van der Waals surface area contributed by atoms with Gasteiger partial charge in [-0.3, -0.25) is 0 Å². The van der Waals surface area contributed by atoms with E-state index in [1.165, 1.54) is 0 Å². The average molecular weight is 229 g/mol. The molecule has 0 bridgehead atoms. The van der Waals surface area contributed by atoms with Crippen LogP contribution in [0.25, 0.3) is 0 Å². The highest BCUT2D eigenvalue weighted by Gasteiger charge is 2.24. The maximum atomic E-state index is 5.42. The Hall–Kier alpha value is -0.640. The number of halogens is 1. The first kappa shape index (κ1) is 7.98. The fourth-order valence-electron chi connectivity index (χ4n) is 0.823. The van der Waals surface area contributed by atoms with Gasteiger partial charge in [-0.2, -0.15) is 4.98 Å². The van der Waals surface area contributed by atoms with Crippen LogP contribution in [0.2, 0.25) is 0 Å². The van der Waals surface area contributed by atoms with Gasteiger partial charge in [0, 0.05) is 6.20 Å². The Kier molecular flexibility index (Phi) is 2.00. The van der Waals surface area contributed by atoms with Crippen molar-refractivity contribution in [3.8, 4) is 6.01 Å². The lowest BCUT2D eigenvalue weighted by Gasteiger charge is -2.02. The van der Waals surface area contributed by atoms with Gasteiger partial charge in [0.05, 0.1) is 10.2 Å². The number of ether oxygens (including phenoxy) is 1. The molecule has 2 rings (SSSR count). The summed E-state index contributed by atoms with van der Waals surface area (Å²) >= 11 is 3.33. The monoisotopic (exact) mass is 228 g/mol. The standard InChI is InChI=1S/C8H9BrN2O/c1-5-7(9)4-10-8(11-5)12-6-2-3-6/h4,6H,2-3H2,1H3. The van der Waals surface area contributed by atoms with E-state index in [1.807, 2.05) is 6.92 Å². The Morgan fingerprint density at radius 2 is 2.33 bits per heavy atom. The summed E-state index contributed by atoms with van der Waals surface area (Å²) in [6.07, 6.45) is 4.36. The Bertz CT molecular complexity index is 299. The summed E-state index contributed by atoms with van der Waals surface area (Å²) in [5.41, 5.74) is 0.917. The van der Waals surface area contributed by atoms with Crippen molar-refractivity contribution in [3.05, 3.63) is 16.4 Å². The number of rotatable bonds is 2. The molecule has 3 nitrogen and oxygen atoms in total. The highest BCUT2D eigenvalue weighted by atomic mass is 79.9. The van der Waals surface area contributed by atoms with Gasteiger partial charge in [-0.15, -0.1) is 0 Å². The molecule has 64 valence electrons. The van der Waals surface area contributed by atoms with E-state index in [1.54, 1.807) is 6.20 Å². The minimum Gasteiger partial charge on any atom is -0.460 e. The maximum Gasteiger partial charge on any atom is 0.316 e. The number of aryl methyl sites for hydroxylation is 1. The molecule has 0 amide bonds. The second-order valence-electron chi connectivity index (χ2n) is 2.90. The summed E-state index contributed by atoms with van der Waals surface area (Å²) < 4.78 is 6.34. The van der Waals surface area contributed by atoms with E-state index in [0.717, 1.165) is 23.0 Å². The number of hydrogen-bond acceptors (Lipinski definition) is 3. The fourth-order valence-corrected chi connectivity index (χ4v) is 1.01. The van der Waals surface area contributed by atoms with Crippen LogP contribution in [0, 0.1) is 6.92 Å². The van der Waals surface area contributed by atoms with Crippen LogP contribution in [-0.2, 0) is 0 Å². The Morgan fingerprint density at radius 1 is 1.58 bits per heavy atom. The summed E-state index contributed by atoms with van der Waals surface area (Å²) in [7, 11) is 0. The molecule has 1 fully saturated rings. The van der Waals surface area contributed by atoms with E-state index in [0.29, 0.717) is 12.1 Å². The lowest BCUT2D eigenvalue weighted by atomic mass is 10.5. The van der Waals surface area contributed by atoms with Gasteiger partial charge in [-0.05, 0) is 35.7 Å². The van der Waals surface area contributed by atoms with Crippen LogP contribution < -0.4 is 4.74 Å². The highest BCUT2D eigenvalue weighted by Crippen LogP contribution is 2.25. The van der Waals surface area contributed by atoms with Crippen LogP contribution in [0.5, 0.6) is 6.01 Å². The smallest absolute Gasteiger partial charge is 0.316 e. The second kappa shape index (κ2) is 3.01. The van der Waals surface area contributed by atoms with Crippen molar-refractivity contribution >= 4 is 15.9 Å². The number of hydrogen-bond donors (Lipinski definition) is 0. The van der Waals surface area contributed by atoms with Crippen molar-refractivity contribution in [1.29, 1.82) is 0 Å².